The topological polar surface area (TPSA) is 59.6 Å². The Morgan fingerprint density at radius 3 is 2.80 bits per heavy atom. The fraction of sp³-hybridized carbons (Fsp3) is 0.500. The summed E-state index contributed by atoms with van der Waals surface area (Å²) in [7, 11) is 1.63. The second-order valence-electron chi connectivity index (χ2n) is 4.53. The molecule has 0 aromatic heterocycles. The van der Waals surface area contributed by atoms with Crippen molar-refractivity contribution in [3.05, 3.63) is 24.3 Å². The molecular formula is C14H21ClN2O3. The Morgan fingerprint density at radius 1 is 1.40 bits per heavy atom. The molecule has 0 bridgehead atoms. The van der Waals surface area contributed by atoms with Crippen LogP contribution in [0.1, 0.15) is 6.42 Å². The Morgan fingerprint density at radius 2 is 2.15 bits per heavy atom. The predicted octanol–water partition coefficient (Wildman–Crippen LogP) is 1.22. The number of amides is 1. The fourth-order valence-corrected chi connectivity index (χ4v) is 1.78. The highest BCUT2D eigenvalue weighted by Gasteiger charge is 2.23. The summed E-state index contributed by atoms with van der Waals surface area (Å²) in [6.07, 6.45) is 0.795. The van der Waals surface area contributed by atoms with Crippen molar-refractivity contribution in [2.75, 3.05) is 33.4 Å². The zero-order valence-electron chi connectivity index (χ0n) is 11.6. The van der Waals surface area contributed by atoms with Crippen LogP contribution in [0.5, 0.6) is 11.5 Å². The number of carbonyl (C=O) groups is 1. The van der Waals surface area contributed by atoms with Gasteiger partial charge in [0.1, 0.15) is 11.5 Å². The quantitative estimate of drug-likeness (QED) is 0.744. The molecule has 0 spiro atoms. The molecule has 1 aliphatic heterocycles. The van der Waals surface area contributed by atoms with Crippen molar-refractivity contribution in [2.45, 2.75) is 6.42 Å². The van der Waals surface area contributed by atoms with Crippen molar-refractivity contribution in [3.63, 3.8) is 0 Å². The number of hydrogen-bond donors (Lipinski definition) is 2. The molecule has 1 saturated heterocycles. The fourth-order valence-electron chi connectivity index (χ4n) is 1.78. The summed E-state index contributed by atoms with van der Waals surface area (Å²) >= 11 is 0. The normalized spacial score (nSPS) is 13.8. The molecule has 1 aliphatic rings. The van der Waals surface area contributed by atoms with Crippen LogP contribution in [0.25, 0.3) is 0 Å². The monoisotopic (exact) mass is 300 g/mol. The highest BCUT2D eigenvalue weighted by molar-refractivity contribution is 5.85. The Labute approximate surface area is 125 Å². The lowest BCUT2D eigenvalue weighted by Crippen LogP contribution is -2.50. The third-order valence-corrected chi connectivity index (χ3v) is 3.08. The van der Waals surface area contributed by atoms with Crippen LogP contribution in [0.15, 0.2) is 24.3 Å². The zero-order valence-corrected chi connectivity index (χ0v) is 12.4. The second kappa shape index (κ2) is 8.66. The molecular weight excluding hydrogens is 280 g/mol. The third kappa shape index (κ3) is 4.90. The van der Waals surface area contributed by atoms with Gasteiger partial charge < -0.3 is 20.1 Å². The molecule has 1 amide bonds. The van der Waals surface area contributed by atoms with Crippen molar-refractivity contribution < 1.29 is 14.3 Å². The summed E-state index contributed by atoms with van der Waals surface area (Å²) in [6.45, 7) is 2.83. The maximum Gasteiger partial charge on any atom is 0.225 e. The van der Waals surface area contributed by atoms with E-state index in [9.17, 15) is 4.79 Å². The van der Waals surface area contributed by atoms with Gasteiger partial charge >= 0.3 is 0 Å². The zero-order chi connectivity index (χ0) is 13.5. The summed E-state index contributed by atoms with van der Waals surface area (Å²) in [5.74, 6) is 1.86. The molecule has 0 radical (unpaired) electrons. The maximum atomic E-state index is 11.5. The molecule has 1 aromatic rings. The third-order valence-electron chi connectivity index (χ3n) is 3.08. The van der Waals surface area contributed by atoms with Crippen LogP contribution in [0.3, 0.4) is 0 Å². The van der Waals surface area contributed by atoms with E-state index in [0.717, 1.165) is 31.0 Å². The first-order valence-corrected chi connectivity index (χ1v) is 6.55. The minimum atomic E-state index is 0. The van der Waals surface area contributed by atoms with E-state index in [4.69, 9.17) is 9.47 Å². The number of ether oxygens (including phenoxy) is 2. The van der Waals surface area contributed by atoms with E-state index in [0.29, 0.717) is 13.2 Å². The molecule has 112 valence electrons. The second-order valence-corrected chi connectivity index (χ2v) is 4.53. The number of carbonyl (C=O) groups excluding carboxylic acids is 1. The smallest absolute Gasteiger partial charge is 0.225 e. The van der Waals surface area contributed by atoms with Gasteiger partial charge in [0.25, 0.3) is 0 Å². The van der Waals surface area contributed by atoms with Crippen LogP contribution in [0.4, 0.5) is 0 Å². The molecule has 1 heterocycles. The SMILES string of the molecule is COc1cccc(OCCCNC(=O)C2CNC2)c1.Cl. The molecule has 0 atom stereocenters. The van der Waals surface area contributed by atoms with E-state index >= 15 is 0 Å². The minimum absolute atomic E-state index is 0. The summed E-state index contributed by atoms with van der Waals surface area (Å²) in [6, 6.07) is 7.50. The van der Waals surface area contributed by atoms with Gasteiger partial charge in [0.15, 0.2) is 0 Å². The Hall–Kier alpha value is -1.46. The first-order chi connectivity index (χ1) is 9.29. The Balaban J connectivity index is 0.00000200. The lowest BCUT2D eigenvalue weighted by atomic mass is 10.0. The molecule has 2 N–H and O–H groups in total. The highest BCUT2D eigenvalue weighted by Crippen LogP contribution is 2.18. The standard InChI is InChI=1S/C14H20N2O3.ClH/c1-18-12-4-2-5-13(8-12)19-7-3-6-16-14(17)11-9-15-10-11;/h2,4-5,8,11,15H,3,6-7,9-10H2,1H3,(H,16,17);1H. The summed E-state index contributed by atoms with van der Waals surface area (Å²) in [5, 5.41) is 5.99. The van der Waals surface area contributed by atoms with E-state index < -0.39 is 0 Å². The van der Waals surface area contributed by atoms with Crippen molar-refractivity contribution in [2.24, 2.45) is 5.92 Å². The highest BCUT2D eigenvalue weighted by atomic mass is 35.5. The average molecular weight is 301 g/mol. The number of hydrogen-bond acceptors (Lipinski definition) is 4. The van der Waals surface area contributed by atoms with Crippen molar-refractivity contribution in [1.82, 2.24) is 10.6 Å². The van der Waals surface area contributed by atoms with Gasteiger partial charge in [0.05, 0.1) is 19.6 Å². The summed E-state index contributed by atoms with van der Waals surface area (Å²) in [4.78, 5) is 11.5. The van der Waals surface area contributed by atoms with Gasteiger partial charge in [-0.15, -0.1) is 12.4 Å². The maximum absolute atomic E-state index is 11.5. The van der Waals surface area contributed by atoms with Crippen molar-refractivity contribution >= 4 is 18.3 Å². The molecule has 1 fully saturated rings. The summed E-state index contributed by atoms with van der Waals surface area (Å²) < 4.78 is 10.7. The van der Waals surface area contributed by atoms with E-state index in [1.807, 2.05) is 24.3 Å². The number of benzene rings is 1. The van der Waals surface area contributed by atoms with Gasteiger partial charge in [0.2, 0.25) is 5.91 Å². The van der Waals surface area contributed by atoms with Crippen LogP contribution < -0.4 is 20.1 Å². The predicted molar refractivity (Wildman–Crippen MR) is 79.7 cm³/mol. The van der Waals surface area contributed by atoms with Crippen molar-refractivity contribution in [3.8, 4) is 11.5 Å². The molecule has 0 aliphatic carbocycles. The number of methoxy groups -OCH3 is 1. The number of rotatable bonds is 7. The molecule has 20 heavy (non-hydrogen) atoms. The first-order valence-electron chi connectivity index (χ1n) is 6.55. The van der Waals surface area contributed by atoms with Gasteiger partial charge in [0, 0.05) is 25.7 Å². The molecule has 5 nitrogen and oxygen atoms in total. The van der Waals surface area contributed by atoms with Crippen molar-refractivity contribution in [1.29, 1.82) is 0 Å². The van der Waals surface area contributed by atoms with Gasteiger partial charge in [-0.1, -0.05) is 6.07 Å². The van der Waals surface area contributed by atoms with E-state index in [-0.39, 0.29) is 24.2 Å². The van der Waals surface area contributed by atoms with Crippen LogP contribution in [0.2, 0.25) is 0 Å². The Kier molecular flexibility index (Phi) is 7.18. The summed E-state index contributed by atoms with van der Waals surface area (Å²) in [5.41, 5.74) is 0. The van der Waals surface area contributed by atoms with E-state index in [1.54, 1.807) is 7.11 Å². The van der Waals surface area contributed by atoms with Gasteiger partial charge in [-0.05, 0) is 18.6 Å². The van der Waals surface area contributed by atoms with Crippen LogP contribution in [0, 0.1) is 5.92 Å². The minimum Gasteiger partial charge on any atom is -0.497 e. The van der Waals surface area contributed by atoms with Gasteiger partial charge in [-0.25, -0.2) is 0 Å². The first kappa shape index (κ1) is 16.6. The lowest BCUT2D eigenvalue weighted by Gasteiger charge is -2.25. The number of nitrogens with one attached hydrogen (secondary N) is 2. The Bertz CT molecular complexity index is 425. The molecule has 1 aromatic carbocycles. The lowest BCUT2D eigenvalue weighted by molar-refractivity contribution is -0.126. The van der Waals surface area contributed by atoms with E-state index in [2.05, 4.69) is 10.6 Å². The van der Waals surface area contributed by atoms with Crippen LogP contribution in [-0.2, 0) is 4.79 Å². The van der Waals surface area contributed by atoms with Crippen LogP contribution >= 0.6 is 12.4 Å². The molecule has 0 unspecified atom stereocenters. The average Bonchev–Trinajstić information content (AvgIpc) is 2.36. The number of halogens is 1. The molecule has 2 rings (SSSR count). The molecule has 0 saturated carbocycles. The van der Waals surface area contributed by atoms with Crippen LogP contribution in [-0.4, -0.2) is 39.3 Å². The van der Waals surface area contributed by atoms with E-state index in [1.165, 1.54) is 0 Å². The van der Waals surface area contributed by atoms with Gasteiger partial charge in [-0.3, -0.25) is 4.79 Å². The largest absolute Gasteiger partial charge is 0.497 e. The van der Waals surface area contributed by atoms with Gasteiger partial charge in [-0.2, -0.15) is 0 Å². The molecule has 6 heteroatoms.